The highest BCUT2D eigenvalue weighted by Crippen LogP contribution is 2.38. The van der Waals surface area contributed by atoms with Crippen LogP contribution in [-0.2, 0) is 13.1 Å². The zero-order valence-electron chi connectivity index (χ0n) is 18.6. The molecule has 9 nitrogen and oxygen atoms in total. The van der Waals surface area contributed by atoms with Gasteiger partial charge >= 0.3 is 0 Å². The number of hydrogen-bond donors (Lipinski definition) is 2. The molecule has 10 heteroatoms. The van der Waals surface area contributed by atoms with E-state index in [0.717, 1.165) is 16.7 Å². The molecule has 0 amide bonds. The average Bonchev–Trinajstić information content (AvgIpc) is 2.77. The van der Waals surface area contributed by atoms with Crippen LogP contribution in [0.3, 0.4) is 0 Å². The first kappa shape index (κ1) is 27.0. The minimum atomic E-state index is -0.421. The summed E-state index contributed by atoms with van der Waals surface area (Å²) in [4.78, 5) is 15.0. The van der Waals surface area contributed by atoms with Gasteiger partial charge in [0.05, 0.1) is 32.8 Å². The highest BCUT2D eigenvalue weighted by molar-refractivity contribution is 14.0. The molecule has 0 unspecified atom stereocenters. The molecule has 174 valence electrons. The lowest BCUT2D eigenvalue weighted by molar-refractivity contribution is -0.384. The Morgan fingerprint density at radius 1 is 1.03 bits per heavy atom. The Labute approximate surface area is 205 Å². The molecular weight excluding hydrogens is 527 g/mol. The number of hydrogen-bond acceptors (Lipinski definition) is 6. The number of rotatable bonds is 10. The molecule has 32 heavy (non-hydrogen) atoms. The molecule has 0 bridgehead atoms. The van der Waals surface area contributed by atoms with Gasteiger partial charge in [-0.15, -0.1) is 24.0 Å². The van der Waals surface area contributed by atoms with Crippen LogP contribution in [0.1, 0.15) is 18.1 Å². The van der Waals surface area contributed by atoms with E-state index in [1.54, 1.807) is 33.5 Å². The van der Waals surface area contributed by atoms with Crippen LogP contribution in [0.25, 0.3) is 0 Å². The highest BCUT2D eigenvalue weighted by Gasteiger charge is 2.13. The second-order valence-electron chi connectivity index (χ2n) is 6.79. The summed E-state index contributed by atoms with van der Waals surface area (Å²) in [6, 6.07) is 10.1. The molecule has 0 saturated carbocycles. The Bertz CT molecular complexity index is 923. The molecule has 2 aromatic carbocycles. The molecule has 0 fully saturated rings. The van der Waals surface area contributed by atoms with Crippen LogP contribution in [0.4, 0.5) is 5.69 Å². The number of ether oxygens (including phenoxy) is 3. The monoisotopic (exact) mass is 556 g/mol. The summed E-state index contributed by atoms with van der Waals surface area (Å²) in [5.41, 5.74) is 2.78. The molecule has 0 saturated heterocycles. The van der Waals surface area contributed by atoms with E-state index in [4.69, 9.17) is 14.2 Å². The molecule has 0 radical (unpaired) electrons. The van der Waals surface area contributed by atoms with Crippen molar-refractivity contribution in [2.75, 3.05) is 27.9 Å². The fourth-order valence-corrected chi connectivity index (χ4v) is 2.73. The lowest BCUT2D eigenvalue weighted by Gasteiger charge is -2.15. The summed E-state index contributed by atoms with van der Waals surface area (Å²) >= 11 is 0. The van der Waals surface area contributed by atoms with E-state index in [-0.39, 0.29) is 29.7 Å². The van der Waals surface area contributed by atoms with E-state index in [1.165, 1.54) is 12.1 Å². The van der Waals surface area contributed by atoms with Crippen LogP contribution in [0, 0.1) is 10.1 Å². The molecule has 0 aliphatic heterocycles. The number of nitro groups is 1. The van der Waals surface area contributed by atoms with E-state index in [0.29, 0.717) is 42.8 Å². The molecule has 0 atom stereocenters. The van der Waals surface area contributed by atoms with E-state index in [2.05, 4.69) is 22.2 Å². The lowest BCUT2D eigenvalue weighted by atomic mass is 10.2. The van der Waals surface area contributed by atoms with Crippen LogP contribution in [0.15, 0.2) is 53.5 Å². The van der Waals surface area contributed by atoms with E-state index < -0.39 is 4.92 Å². The number of halogens is 1. The van der Waals surface area contributed by atoms with E-state index in [1.807, 2.05) is 19.1 Å². The number of guanidine groups is 1. The van der Waals surface area contributed by atoms with E-state index >= 15 is 0 Å². The van der Waals surface area contributed by atoms with Crippen LogP contribution < -0.4 is 24.8 Å². The van der Waals surface area contributed by atoms with Crippen LogP contribution >= 0.6 is 24.0 Å². The molecule has 2 N–H and O–H groups in total. The minimum Gasteiger partial charge on any atom is -0.493 e. The van der Waals surface area contributed by atoms with Gasteiger partial charge < -0.3 is 24.8 Å². The summed E-state index contributed by atoms with van der Waals surface area (Å²) < 4.78 is 16.1. The number of benzene rings is 2. The van der Waals surface area contributed by atoms with Gasteiger partial charge in [-0.05, 0) is 30.2 Å². The first-order valence-corrected chi connectivity index (χ1v) is 9.56. The van der Waals surface area contributed by atoms with Crippen molar-refractivity contribution in [3.63, 3.8) is 0 Å². The van der Waals surface area contributed by atoms with Gasteiger partial charge in [-0.25, -0.2) is 4.99 Å². The van der Waals surface area contributed by atoms with Gasteiger partial charge in [0.15, 0.2) is 17.5 Å². The molecular formula is C22H29IN4O5. The predicted octanol–water partition coefficient (Wildman–Crippen LogP) is 4.05. The first-order valence-electron chi connectivity index (χ1n) is 9.56. The normalized spacial score (nSPS) is 10.6. The standard InChI is InChI=1S/C22H28N4O5.HI/c1-15(2)12-23-22(24-13-16-6-8-18(9-7-16)26(27)28)25-14-17-10-19(29-3)21(31-5)20(11-17)30-4;/h6-11H,1,12-14H2,2-5H3,(H2,23,24,25);1H. The average molecular weight is 556 g/mol. The zero-order chi connectivity index (χ0) is 22.8. The lowest BCUT2D eigenvalue weighted by Crippen LogP contribution is -2.37. The SMILES string of the molecule is C=C(C)CNC(=NCc1cc(OC)c(OC)c(OC)c1)NCc1ccc([N+](=O)[O-])cc1.I. The van der Waals surface area contributed by atoms with Gasteiger partial charge in [0.2, 0.25) is 5.75 Å². The van der Waals surface area contributed by atoms with Crippen molar-refractivity contribution in [1.82, 2.24) is 10.6 Å². The smallest absolute Gasteiger partial charge is 0.269 e. The number of nitrogens with one attached hydrogen (secondary N) is 2. The number of nitrogens with zero attached hydrogens (tertiary/aromatic N) is 2. The van der Waals surface area contributed by atoms with Crippen molar-refractivity contribution in [3.05, 3.63) is 69.8 Å². The third-order valence-corrected chi connectivity index (χ3v) is 4.31. The maximum atomic E-state index is 10.8. The fraction of sp³-hybridized carbons (Fsp3) is 0.318. The molecule has 0 aliphatic carbocycles. The predicted molar refractivity (Wildman–Crippen MR) is 135 cm³/mol. The quantitative estimate of drug-likeness (QED) is 0.114. The third-order valence-electron chi connectivity index (χ3n) is 4.31. The second-order valence-corrected chi connectivity index (χ2v) is 6.79. The summed E-state index contributed by atoms with van der Waals surface area (Å²) in [5, 5.41) is 17.2. The summed E-state index contributed by atoms with van der Waals surface area (Å²) in [6.45, 7) is 7.19. The minimum absolute atomic E-state index is 0. The van der Waals surface area contributed by atoms with Crippen molar-refractivity contribution >= 4 is 35.6 Å². The largest absolute Gasteiger partial charge is 0.493 e. The van der Waals surface area contributed by atoms with E-state index in [9.17, 15) is 10.1 Å². The highest BCUT2D eigenvalue weighted by atomic mass is 127. The maximum absolute atomic E-state index is 10.8. The van der Waals surface area contributed by atoms with Gasteiger partial charge in [0.25, 0.3) is 5.69 Å². The Kier molecular flexibility index (Phi) is 11.3. The third kappa shape index (κ3) is 7.91. The Hall–Kier alpha value is -3.02. The number of nitro benzene ring substituents is 1. The van der Waals surface area contributed by atoms with Crippen LogP contribution in [-0.4, -0.2) is 38.8 Å². The van der Waals surface area contributed by atoms with Gasteiger partial charge in [-0.1, -0.05) is 24.3 Å². The first-order chi connectivity index (χ1) is 14.9. The second kappa shape index (κ2) is 13.4. The summed E-state index contributed by atoms with van der Waals surface area (Å²) in [6.07, 6.45) is 0. The van der Waals surface area contributed by atoms with Crippen molar-refractivity contribution in [3.8, 4) is 17.2 Å². The maximum Gasteiger partial charge on any atom is 0.269 e. The van der Waals surface area contributed by atoms with Gasteiger partial charge in [-0.3, -0.25) is 10.1 Å². The molecule has 0 aliphatic rings. The molecule has 0 aromatic heterocycles. The van der Waals surface area contributed by atoms with Crippen molar-refractivity contribution < 1.29 is 19.1 Å². The Balaban J connectivity index is 0.00000512. The zero-order valence-corrected chi connectivity index (χ0v) is 21.0. The van der Waals surface area contributed by atoms with Gasteiger partial charge in [0.1, 0.15) is 0 Å². The fourth-order valence-electron chi connectivity index (χ4n) is 2.73. The Morgan fingerprint density at radius 3 is 2.09 bits per heavy atom. The molecule has 2 rings (SSSR count). The van der Waals surface area contributed by atoms with Crippen molar-refractivity contribution in [2.45, 2.75) is 20.0 Å². The number of non-ortho nitro benzene ring substituents is 1. The molecule has 0 spiro atoms. The Morgan fingerprint density at radius 2 is 1.62 bits per heavy atom. The molecule has 0 heterocycles. The number of aliphatic imine (C=N–C) groups is 1. The topological polar surface area (TPSA) is 107 Å². The van der Waals surface area contributed by atoms with Gasteiger partial charge in [-0.2, -0.15) is 0 Å². The number of methoxy groups -OCH3 is 3. The molecule has 2 aromatic rings. The van der Waals surface area contributed by atoms with Gasteiger partial charge in [0, 0.05) is 25.2 Å². The van der Waals surface area contributed by atoms with Crippen LogP contribution in [0.2, 0.25) is 0 Å². The van der Waals surface area contributed by atoms with Crippen molar-refractivity contribution in [1.29, 1.82) is 0 Å². The summed E-state index contributed by atoms with van der Waals surface area (Å²) in [7, 11) is 4.69. The van der Waals surface area contributed by atoms with Crippen molar-refractivity contribution in [2.24, 2.45) is 4.99 Å². The van der Waals surface area contributed by atoms with Crippen LogP contribution in [0.5, 0.6) is 17.2 Å². The summed E-state index contributed by atoms with van der Waals surface area (Å²) in [5.74, 6) is 2.22.